The minimum atomic E-state index is -1.04. The zero-order valence-electron chi connectivity index (χ0n) is 9.82. The second kappa shape index (κ2) is 5.30. The molecule has 17 heavy (non-hydrogen) atoms. The highest BCUT2D eigenvalue weighted by atomic mass is 16.5. The Kier molecular flexibility index (Phi) is 4.04. The van der Waals surface area contributed by atoms with Gasteiger partial charge in [0, 0.05) is 12.5 Å². The first-order valence-corrected chi connectivity index (χ1v) is 5.12. The summed E-state index contributed by atoms with van der Waals surface area (Å²) in [6.07, 6.45) is 2.19. The lowest BCUT2D eigenvalue weighted by Crippen LogP contribution is -2.09. The number of ether oxygens (including phenoxy) is 1. The molecule has 0 spiro atoms. The van der Waals surface area contributed by atoms with Crippen LogP contribution in [0.3, 0.4) is 0 Å². The molecule has 90 valence electrons. The predicted octanol–water partition coefficient (Wildman–Crippen LogP) is 2.35. The number of rotatable bonds is 4. The summed E-state index contributed by atoms with van der Waals surface area (Å²) in [6, 6.07) is 3.14. The van der Waals surface area contributed by atoms with E-state index in [2.05, 4.69) is 6.58 Å². The van der Waals surface area contributed by atoms with E-state index >= 15 is 0 Å². The molecule has 0 bridgehead atoms. The van der Waals surface area contributed by atoms with Gasteiger partial charge in [0.15, 0.2) is 0 Å². The molecule has 4 heteroatoms. The fourth-order valence-electron chi connectivity index (χ4n) is 1.58. The third-order valence-corrected chi connectivity index (χ3v) is 2.33. The number of carbonyl (C=O) groups excluding carboxylic acids is 1. The Morgan fingerprint density at radius 2 is 2.12 bits per heavy atom. The molecule has 0 fully saturated rings. The Balaban J connectivity index is 3.35. The van der Waals surface area contributed by atoms with Gasteiger partial charge in [-0.1, -0.05) is 12.1 Å². The third kappa shape index (κ3) is 2.93. The summed E-state index contributed by atoms with van der Waals surface area (Å²) < 4.78 is 5.07. The largest absolute Gasteiger partial charge is 0.478 e. The van der Waals surface area contributed by atoms with Crippen LogP contribution in [0.4, 0.5) is 0 Å². The van der Waals surface area contributed by atoms with Crippen LogP contribution in [0.5, 0.6) is 5.75 Å². The average molecular weight is 234 g/mol. The average Bonchev–Trinajstić information content (AvgIpc) is 2.22. The summed E-state index contributed by atoms with van der Waals surface area (Å²) in [6.45, 7) is 6.51. The number of carbonyl (C=O) groups is 2. The number of carboxylic acid groups (broad SMARTS) is 1. The van der Waals surface area contributed by atoms with Crippen molar-refractivity contribution in [3.8, 4) is 5.75 Å². The number of benzene rings is 1. The zero-order chi connectivity index (χ0) is 13.0. The van der Waals surface area contributed by atoms with Gasteiger partial charge in [-0.25, -0.2) is 4.79 Å². The Morgan fingerprint density at radius 3 is 2.59 bits per heavy atom. The number of esters is 1. The van der Waals surface area contributed by atoms with Gasteiger partial charge in [0.1, 0.15) is 5.75 Å². The van der Waals surface area contributed by atoms with E-state index in [1.54, 1.807) is 19.1 Å². The van der Waals surface area contributed by atoms with Crippen LogP contribution >= 0.6 is 0 Å². The van der Waals surface area contributed by atoms with Crippen LogP contribution in [-0.4, -0.2) is 17.0 Å². The second-order valence-corrected chi connectivity index (χ2v) is 3.62. The van der Waals surface area contributed by atoms with E-state index in [0.29, 0.717) is 17.7 Å². The van der Waals surface area contributed by atoms with Crippen molar-refractivity contribution in [1.82, 2.24) is 0 Å². The molecule has 0 atom stereocenters. The minimum absolute atomic E-state index is 0.133. The predicted molar refractivity (Wildman–Crippen MR) is 63.3 cm³/mol. The number of aromatic carboxylic acids is 1. The van der Waals surface area contributed by atoms with Crippen molar-refractivity contribution in [3.63, 3.8) is 0 Å². The summed E-state index contributed by atoms with van der Waals surface area (Å²) in [5, 5.41) is 8.98. The first-order chi connectivity index (χ1) is 7.97. The fraction of sp³-hybridized carbons (Fsp3) is 0.231. The molecule has 4 nitrogen and oxygen atoms in total. The van der Waals surface area contributed by atoms with Gasteiger partial charge in [-0.15, -0.1) is 6.58 Å². The summed E-state index contributed by atoms with van der Waals surface area (Å²) >= 11 is 0. The molecule has 0 amide bonds. The first-order valence-electron chi connectivity index (χ1n) is 5.12. The molecule has 0 aliphatic heterocycles. The van der Waals surface area contributed by atoms with Crippen LogP contribution in [0, 0.1) is 6.92 Å². The number of allylic oxidation sites excluding steroid dienone is 1. The highest BCUT2D eigenvalue weighted by molar-refractivity contribution is 5.90. The molecule has 0 radical (unpaired) electrons. The maximum absolute atomic E-state index is 11.0. The van der Waals surface area contributed by atoms with E-state index in [9.17, 15) is 9.59 Å². The molecule has 0 aliphatic rings. The Morgan fingerprint density at radius 1 is 1.47 bits per heavy atom. The van der Waals surface area contributed by atoms with E-state index in [1.807, 2.05) is 0 Å². The number of carboxylic acids is 1. The van der Waals surface area contributed by atoms with Gasteiger partial charge in [-0.3, -0.25) is 4.79 Å². The quantitative estimate of drug-likeness (QED) is 0.493. The van der Waals surface area contributed by atoms with Crippen molar-refractivity contribution in [1.29, 1.82) is 0 Å². The number of hydrogen-bond donors (Lipinski definition) is 1. The molecule has 0 heterocycles. The fourth-order valence-corrected chi connectivity index (χ4v) is 1.58. The minimum Gasteiger partial charge on any atom is -0.478 e. The Labute approximate surface area is 99.5 Å². The standard InChI is InChI=1S/C13H14O4/c1-4-5-10-6-7-11(13(15)16)8(2)12(10)17-9(3)14/h4,6-7H,1,5H2,2-3H3,(H,15,16). The molecule has 0 aliphatic carbocycles. The van der Waals surface area contributed by atoms with Gasteiger partial charge < -0.3 is 9.84 Å². The van der Waals surface area contributed by atoms with E-state index in [4.69, 9.17) is 9.84 Å². The van der Waals surface area contributed by atoms with Crippen molar-refractivity contribution in [3.05, 3.63) is 41.5 Å². The van der Waals surface area contributed by atoms with Crippen molar-refractivity contribution in [2.75, 3.05) is 0 Å². The summed E-state index contributed by atoms with van der Waals surface area (Å²) in [7, 11) is 0. The van der Waals surface area contributed by atoms with Crippen LogP contribution in [0.25, 0.3) is 0 Å². The van der Waals surface area contributed by atoms with E-state index < -0.39 is 11.9 Å². The van der Waals surface area contributed by atoms with Crippen molar-refractivity contribution in [2.24, 2.45) is 0 Å². The number of hydrogen-bond acceptors (Lipinski definition) is 3. The molecule has 1 N–H and O–H groups in total. The van der Waals surface area contributed by atoms with Gasteiger partial charge >= 0.3 is 11.9 Å². The zero-order valence-corrected chi connectivity index (χ0v) is 9.82. The Hall–Kier alpha value is -2.10. The highest BCUT2D eigenvalue weighted by Gasteiger charge is 2.16. The van der Waals surface area contributed by atoms with Crippen LogP contribution in [-0.2, 0) is 11.2 Å². The Bertz CT molecular complexity index is 475. The maximum Gasteiger partial charge on any atom is 0.336 e. The van der Waals surface area contributed by atoms with Crippen LogP contribution < -0.4 is 4.74 Å². The monoisotopic (exact) mass is 234 g/mol. The van der Waals surface area contributed by atoms with E-state index in [0.717, 1.165) is 5.56 Å². The molecule has 0 aromatic heterocycles. The van der Waals surface area contributed by atoms with E-state index in [1.165, 1.54) is 13.0 Å². The summed E-state index contributed by atoms with van der Waals surface area (Å²) in [5.41, 5.74) is 1.33. The molecule has 1 aromatic rings. The highest BCUT2D eigenvalue weighted by Crippen LogP contribution is 2.27. The molecule has 0 saturated carbocycles. The lowest BCUT2D eigenvalue weighted by Gasteiger charge is -2.12. The summed E-state index contributed by atoms with van der Waals surface area (Å²) in [4.78, 5) is 22.0. The van der Waals surface area contributed by atoms with Crippen molar-refractivity contribution < 1.29 is 19.4 Å². The van der Waals surface area contributed by atoms with Gasteiger partial charge in [0.25, 0.3) is 0 Å². The SMILES string of the molecule is C=CCc1ccc(C(=O)O)c(C)c1OC(C)=O. The molecular formula is C13H14O4. The van der Waals surface area contributed by atoms with Crippen LogP contribution in [0.2, 0.25) is 0 Å². The molecule has 0 saturated heterocycles. The third-order valence-electron chi connectivity index (χ3n) is 2.33. The molecule has 0 unspecified atom stereocenters. The van der Waals surface area contributed by atoms with E-state index in [-0.39, 0.29) is 5.56 Å². The normalized spacial score (nSPS) is 9.76. The molecule has 1 aromatic carbocycles. The lowest BCUT2D eigenvalue weighted by atomic mass is 10.0. The van der Waals surface area contributed by atoms with Crippen LogP contribution in [0.1, 0.15) is 28.4 Å². The topological polar surface area (TPSA) is 63.6 Å². The lowest BCUT2D eigenvalue weighted by molar-refractivity contribution is -0.132. The van der Waals surface area contributed by atoms with Gasteiger partial charge in [-0.2, -0.15) is 0 Å². The molecule has 1 rings (SSSR count). The van der Waals surface area contributed by atoms with Gasteiger partial charge in [-0.05, 0) is 25.0 Å². The summed E-state index contributed by atoms with van der Waals surface area (Å²) in [5.74, 6) is -1.20. The smallest absolute Gasteiger partial charge is 0.336 e. The second-order valence-electron chi connectivity index (χ2n) is 3.62. The van der Waals surface area contributed by atoms with Gasteiger partial charge in [0.05, 0.1) is 5.56 Å². The van der Waals surface area contributed by atoms with Crippen LogP contribution in [0.15, 0.2) is 24.8 Å². The van der Waals surface area contributed by atoms with Crippen molar-refractivity contribution in [2.45, 2.75) is 20.3 Å². The maximum atomic E-state index is 11.0. The first kappa shape index (κ1) is 13.0. The van der Waals surface area contributed by atoms with Crippen molar-refractivity contribution >= 4 is 11.9 Å². The van der Waals surface area contributed by atoms with Gasteiger partial charge in [0.2, 0.25) is 0 Å². The molecular weight excluding hydrogens is 220 g/mol.